The minimum absolute atomic E-state index is 0.146. The second kappa shape index (κ2) is 4.72. The molecule has 4 atom stereocenters. The molecule has 0 bridgehead atoms. The summed E-state index contributed by atoms with van der Waals surface area (Å²) in [6.45, 7) is 2.03. The van der Waals surface area contributed by atoms with Crippen molar-refractivity contribution < 1.29 is 9.90 Å². The fourth-order valence-electron chi connectivity index (χ4n) is 2.89. The summed E-state index contributed by atoms with van der Waals surface area (Å²) in [5.41, 5.74) is 5.67. The Morgan fingerprint density at radius 1 is 1.44 bits per heavy atom. The van der Waals surface area contributed by atoms with Crippen molar-refractivity contribution in [2.75, 3.05) is 6.54 Å². The summed E-state index contributed by atoms with van der Waals surface area (Å²) in [4.78, 5) is 11.9. The molecule has 4 nitrogen and oxygen atoms in total. The van der Waals surface area contributed by atoms with E-state index < -0.39 is 6.10 Å². The molecule has 16 heavy (non-hydrogen) atoms. The Bertz CT molecular complexity index is 256. The first-order chi connectivity index (χ1) is 7.61. The van der Waals surface area contributed by atoms with Crippen LogP contribution < -0.4 is 11.1 Å². The second-order valence-electron chi connectivity index (χ2n) is 5.29. The molecule has 4 N–H and O–H groups in total. The summed E-state index contributed by atoms with van der Waals surface area (Å²) >= 11 is 0. The molecule has 2 saturated carbocycles. The summed E-state index contributed by atoms with van der Waals surface area (Å²) in [7, 11) is 0. The van der Waals surface area contributed by atoms with Gasteiger partial charge in [-0.25, -0.2) is 0 Å². The van der Waals surface area contributed by atoms with Crippen LogP contribution in [0.15, 0.2) is 0 Å². The van der Waals surface area contributed by atoms with E-state index in [1.165, 1.54) is 25.7 Å². The van der Waals surface area contributed by atoms with E-state index in [9.17, 15) is 9.90 Å². The molecule has 0 aromatic carbocycles. The second-order valence-corrected chi connectivity index (χ2v) is 5.29. The summed E-state index contributed by atoms with van der Waals surface area (Å²) in [5.74, 6) is 1.66. The van der Waals surface area contributed by atoms with E-state index in [-0.39, 0.29) is 17.9 Å². The maximum atomic E-state index is 11.9. The van der Waals surface area contributed by atoms with Crippen LogP contribution in [-0.4, -0.2) is 29.7 Å². The van der Waals surface area contributed by atoms with Gasteiger partial charge in [-0.05, 0) is 31.6 Å². The molecule has 4 unspecified atom stereocenters. The average Bonchev–Trinajstić information content (AvgIpc) is 2.99. The summed E-state index contributed by atoms with van der Waals surface area (Å²) in [5, 5.41) is 12.1. The van der Waals surface area contributed by atoms with E-state index in [1.54, 1.807) is 6.92 Å². The highest BCUT2D eigenvalue weighted by Crippen LogP contribution is 2.55. The van der Waals surface area contributed by atoms with Crippen molar-refractivity contribution in [3.63, 3.8) is 0 Å². The van der Waals surface area contributed by atoms with Crippen LogP contribution in [0.2, 0.25) is 0 Å². The van der Waals surface area contributed by atoms with Gasteiger partial charge in [0.25, 0.3) is 0 Å². The van der Waals surface area contributed by atoms with Crippen molar-refractivity contribution in [1.82, 2.24) is 5.32 Å². The molecule has 0 aliphatic heterocycles. The highest BCUT2D eigenvalue weighted by Gasteiger charge is 2.54. The molecule has 2 rings (SSSR count). The van der Waals surface area contributed by atoms with E-state index in [4.69, 9.17) is 5.73 Å². The highest BCUT2D eigenvalue weighted by molar-refractivity contribution is 5.82. The summed E-state index contributed by atoms with van der Waals surface area (Å²) < 4.78 is 0. The minimum Gasteiger partial charge on any atom is -0.392 e. The SMILES string of the molecule is CC(O)C(N)CNC(=O)C1C2CCCCC21. The number of carbonyl (C=O) groups excluding carboxylic acids is 1. The highest BCUT2D eigenvalue weighted by atomic mass is 16.3. The molecule has 0 spiro atoms. The number of amides is 1. The molecule has 2 aliphatic carbocycles. The predicted molar refractivity (Wildman–Crippen MR) is 61.6 cm³/mol. The molecule has 2 aliphatic rings. The van der Waals surface area contributed by atoms with E-state index >= 15 is 0 Å². The van der Waals surface area contributed by atoms with Crippen molar-refractivity contribution >= 4 is 5.91 Å². The maximum absolute atomic E-state index is 11.9. The standard InChI is InChI=1S/C12H22N2O2/c1-7(15)10(13)6-14-12(16)11-8-4-2-3-5-9(8)11/h7-11,15H,2-6,13H2,1H3,(H,14,16). The zero-order chi connectivity index (χ0) is 11.7. The van der Waals surface area contributed by atoms with Crippen LogP contribution in [-0.2, 0) is 4.79 Å². The molecule has 92 valence electrons. The van der Waals surface area contributed by atoms with Gasteiger partial charge in [0.1, 0.15) is 0 Å². The van der Waals surface area contributed by atoms with Crippen LogP contribution in [0.3, 0.4) is 0 Å². The number of nitrogens with one attached hydrogen (secondary N) is 1. The minimum atomic E-state index is -0.568. The topological polar surface area (TPSA) is 75.3 Å². The third-order valence-corrected chi connectivity index (χ3v) is 4.09. The van der Waals surface area contributed by atoms with Gasteiger partial charge in [-0.2, -0.15) is 0 Å². The summed E-state index contributed by atoms with van der Waals surface area (Å²) in [6.07, 6.45) is 4.41. The van der Waals surface area contributed by atoms with Crippen LogP contribution in [0.1, 0.15) is 32.6 Å². The van der Waals surface area contributed by atoms with E-state index in [1.807, 2.05) is 0 Å². The number of rotatable bonds is 4. The number of nitrogens with two attached hydrogens (primary N) is 1. The first-order valence-electron chi connectivity index (χ1n) is 6.32. The molecule has 0 radical (unpaired) electrons. The van der Waals surface area contributed by atoms with Gasteiger partial charge in [0.2, 0.25) is 5.91 Å². The molecule has 0 saturated heterocycles. The quantitative estimate of drug-likeness (QED) is 0.643. The Balaban J connectivity index is 1.73. The number of hydrogen-bond acceptors (Lipinski definition) is 3. The van der Waals surface area contributed by atoms with Crippen molar-refractivity contribution in [3.8, 4) is 0 Å². The number of aliphatic hydroxyl groups is 1. The van der Waals surface area contributed by atoms with Gasteiger partial charge < -0.3 is 16.2 Å². The molecule has 0 aromatic heterocycles. The Hall–Kier alpha value is -0.610. The number of aliphatic hydroxyl groups excluding tert-OH is 1. The van der Waals surface area contributed by atoms with E-state index in [0.29, 0.717) is 18.4 Å². The Labute approximate surface area is 96.6 Å². The zero-order valence-corrected chi connectivity index (χ0v) is 9.86. The Kier molecular flexibility index (Phi) is 3.50. The van der Waals surface area contributed by atoms with Gasteiger partial charge in [0.15, 0.2) is 0 Å². The van der Waals surface area contributed by atoms with Crippen molar-refractivity contribution in [2.45, 2.75) is 44.8 Å². The lowest BCUT2D eigenvalue weighted by Crippen LogP contribution is -2.44. The molecule has 2 fully saturated rings. The van der Waals surface area contributed by atoms with Crippen LogP contribution in [0.25, 0.3) is 0 Å². The first kappa shape index (κ1) is 11.9. The fraction of sp³-hybridized carbons (Fsp3) is 0.917. The lowest BCUT2D eigenvalue weighted by Gasteiger charge is -2.15. The fourth-order valence-corrected chi connectivity index (χ4v) is 2.89. The van der Waals surface area contributed by atoms with E-state index in [2.05, 4.69) is 5.32 Å². The summed E-state index contributed by atoms with van der Waals surface area (Å²) in [6, 6.07) is -0.357. The first-order valence-corrected chi connectivity index (χ1v) is 6.32. The van der Waals surface area contributed by atoms with Gasteiger partial charge in [0.05, 0.1) is 6.10 Å². The largest absolute Gasteiger partial charge is 0.392 e. The van der Waals surface area contributed by atoms with Gasteiger partial charge in [-0.3, -0.25) is 4.79 Å². The molecule has 1 amide bonds. The zero-order valence-electron chi connectivity index (χ0n) is 9.86. The number of hydrogen-bond donors (Lipinski definition) is 3. The molecule has 0 aromatic rings. The van der Waals surface area contributed by atoms with E-state index in [0.717, 1.165) is 0 Å². The number of fused-ring (bicyclic) bond motifs is 1. The van der Waals surface area contributed by atoms with Crippen molar-refractivity contribution in [1.29, 1.82) is 0 Å². The monoisotopic (exact) mass is 226 g/mol. The van der Waals surface area contributed by atoms with Crippen LogP contribution in [0.5, 0.6) is 0 Å². The normalized spacial score (nSPS) is 36.1. The molecular formula is C12H22N2O2. The lowest BCUT2D eigenvalue weighted by molar-refractivity contribution is -0.123. The molecule has 4 heteroatoms. The maximum Gasteiger partial charge on any atom is 0.223 e. The van der Waals surface area contributed by atoms with Crippen LogP contribution in [0, 0.1) is 17.8 Å². The Morgan fingerprint density at radius 2 is 2.00 bits per heavy atom. The van der Waals surface area contributed by atoms with Crippen molar-refractivity contribution in [3.05, 3.63) is 0 Å². The predicted octanol–water partition coefficient (Wildman–Crippen LogP) is 0.247. The van der Waals surface area contributed by atoms with Crippen LogP contribution >= 0.6 is 0 Å². The third-order valence-electron chi connectivity index (χ3n) is 4.09. The van der Waals surface area contributed by atoms with Crippen LogP contribution in [0.4, 0.5) is 0 Å². The van der Waals surface area contributed by atoms with Gasteiger partial charge in [-0.15, -0.1) is 0 Å². The van der Waals surface area contributed by atoms with Gasteiger partial charge in [-0.1, -0.05) is 12.8 Å². The molecule has 0 heterocycles. The Morgan fingerprint density at radius 3 is 2.50 bits per heavy atom. The van der Waals surface area contributed by atoms with Crippen molar-refractivity contribution in [2.24, 2.45) is 23.5 Å². The molecular weight excluding hydrogens is 204 g/mol. The lowest BCUT2D eigenvalue weighted by atomic mass is 10.0. The smallest absolute Gasteiger partial charge is 0.223 e. The average molecular weight is 226 g/mol. The van der Waals surface area contributed by atoms with Gasteiger partial charge >= 0.3 is 0 Å². The number of carbonyl (C=O) groups is 1. The van der Waals surface area contributed by atoms with Gasteiger partial charge in [0, 0.05) is 18.5 Å². The third kappa shape index (κ3) is 2.38.